The summed E-state index contributed by atoms with van der Waals surface area (Å²) in [4.78, 5) is 20.5. The number of ether oxygens (including phenoxy) is 1. The molecule has 1 aliphatic rings. The predicted molar refractivity (Wildman–Crippen MR) is 123 cm³/mol. The van der Waals surface area contributed by atoms with E-state index in [0.717, 1.165) is 18.3 Å². The summed E-state index contributed by atoms with van der Waals surface area (Å²) in [5.74, 6) is 0.312. The SMILES string of the molecule is C#Cc1cnccc1-c1cc(Cl)c(C(=O)Nc2cnc(NC3CCOC3)c(C(F)(F)F)c2)cc1F. The molecule has 1 unspecified atom stereocenters. The van der Waals surface area contributed by atoms with Gasteiger partial charge in [-0.2, -0.15) is 13.2 Å². The molecular weight excluding hydrogens is 488 g/mol. The van der Waals surface area contributed by atoms with Gasteiger partial charge in [0.05, 0.1) is 46.2 Å². The van der Waals surface area contributed by atoms with Gasteiger partial charge in [-0.05, 0) is 30.7 Å². The van der Waals surface area contributed by atoms with Gasteiger partial charge in [0.15, 0.2) is 0 Å². The molecule has 0 spiro atoms. The van der Waals surface area contributed by atoms with E-state index in [4.69, 9.17) is 22.8 Å². The van der Waals surface area contributed by atoms with Gasteiger partial charge in [0.1, 0.15) is 11.6 Å². The molecule has 1 atom stereocenters. The van der Waals surface area contributed by atoms with Crippen molar-refractivity contribution in [1.82, 2.24) is 9.97 Å². The van der Waals surface area contributed by atoms with E-state index < -0.39 is 23.5 Å². The Labute approximate surface area is 202 Å². The standard InChI is InChI=1S/C24H17ClF4N4O2/c1-2-13-10-30-5-3-16(13)17-8-20(25)18(9-21(17)26)23(34)33-15-7-19(24(27,28)29)22(31-11-15)32-14-4-6-35-12-14/h1,3,5,7-11,14H,4,6,12H2,(H,31,32)(H,33,34). The lowest BCUT2D eigenvalue weighted by Gasteiger charge is -2.18. The van der Waals surface area contributed by atoms with Gasteiger partial charge in [-0.3, -0.25) is 9.78 Å². The van der Waals surface area contributed by atoms with Crippen LogP contribution >= 0.6 is 11.6 Å². The third-order valence-corrected chi connectivity index (χ3v) is 5.60. The summed E-state index contributed by atoms with van der Waals surface area (Å²) < 4.78 is 61.0. The Bertz CT molecular complexity index is 1320. The number of pyridine rings is 2. The van der Waals surface area contributed by atoms with Crippen LogP contribution in [0.2, 0.25) is 5.02 Å². The minimum atomic E-state index is -4.74. The number of nitrogens with one attached hydrogen (secondary N) is 2. The molecule has 6 nitrogen and oxygen atoms in total. The van der Waals surface area contributed by atoms with Gasteiger partial charge in [-0.15, -0.1) is 6.42 Å². The average molecular weight is 505 g/mol. The number of carbonyl (C=O) groups excluding carboxylic acids is 1. The van der Waals surface area contributed by atoms with Crippen molar-refractivity contribution in [1.29, 1.82) is 0 Å². The summed E-state index contributed by atoms with van der Waals surface area (Å²) in [7, 11) is 0. The Morgan fingerprint density at radius 3 is 2.71 bits per heavy atom. The highest BCUT2D eigenvalue weighted by Gasteiger charge is 2.36. The Morgan fingerprint density at radius 2 is 2.03 bits per heavy atom. The first-order chi connectivity index (χ1) is 16.7. The number of rotatable bonds is 5. The molecule has 0 bridgehead atoms. The number of hydrogen-bond acceptors (Lipinski definition) is 5. The molecule has 11 heteroatoms. The highest BCUT2D eigenvalue weighted by Crippen LogP contribution is 2.36. The highest BCUT2D eigenvalue weighted by molar-refractivity contribution is 6.34. The van der Waals surface area contributed by atoms with Crippen molar-refractivity contribution < 1.29 is 27.1 Å². The zero-order valence-electron chi connectivity index (χ0n) is 17.9. The van der Waals surface area contributed by atoms with Crippen LogP contribution in [-0.4, -0.2) is 35.1 Å². The lowest BCUT2D eigenvalue weighted by atomic mass is 10.00. The molecule has 1 aliphatic heterocycles. The first-order valence-electron chi connectivity index (χ1n) is 10.3. The summed E-state index contributed by atoms with van der Waals surface area (Å²) in [6.45, 7) is 0.703. The second kappa shape index (κ2) is 9.90. The monoisotopic (exact) mass is 504 g/mol. The summed E-state index contributed by atoms with van der Waals surface area (Å²) in [5, 5.41) is 4.89. The molecule has 0 aliphatic carbocycles. The minimum absolute atomic E-state index is 0.0502. The first kappa shape index (κ1) is 24.4. The van der Waals surface area contributed by atoms with Gasteiger partial charge in [0.25, 0.3) is 5.91 Å². The number of terminal acetylenes is 1. The number of hydrogen-bond donors (Lipinski definition) is 2. The van der Waals surface area contributed by atoms with Crippen molar-refractivity contribution in [2.45, 2.75) is 18.6 Å². The van der Waals surface area contributed by atoms with Gasteiger partial charge in [0, 0.05) is 30.1 Å². The van der Waals surface area contributed by atoms with Crippen molar-refractivity contribution in [2.75, 3.05) is 23.8 Å². The fraction of sp³-hybridized carbons (Fsp3) is 0.208. The third-order valence-electron chi connectivity index (χ3n) is 5.29. The average Bonchev–Trinajstić information content (AvgIpc) is 3.33. The fourth-order valence-electron chi connectivity index (χ4n) is 3.58. The first-order valence-corrected chi connectivity index (χ1v) is 10.7. The number of carbonyl (C=O) groups is 1. The molecule has 35 heavy (non-hydrogen) atoms. The van der Waals surface area contributed by atoms with E-state index in [1.54, 1.807) is 0 Å². The van der Waals surface area contributed by atoms with Crippen LogP contribution in [0.4, 0.5) is 29.1 Å². The Balaban J connectivity index is 1.61. The summed E-state index contributed by atoms with van der Waals surface area (Å²) >= 11 is 6.22. The number of alkyl halides is 3. The molecule has 2 N–H and O–H groups in total. The predicted octanol–water partition coefficient (Wildman–Crippen LogP) is 5.39. The maximum atomic E-state index is 14.9. The zero-order valence-corrected chi connectivity index (χ0v) is 18.7. The van der Waals surface area contributed by atoms with Gasteiger partial charge in [-0.25, -0.2) is 9.37 Å². The second-order valence-corrected chi connectivity index (χ2v) is 8.06. The normalized spacial score (nSPS) is 15.5. The van der Waals surface area contributed by atoms with Crippen molar-refractivity contribution in [2.24, 2.45) is 0 Å². The highest BCUT2D eigenvalue weighted by atomic mass is 35.5. The number of benzene rings is 1. The lowest BCUT2D eigenvalue weighted by molar-refractivity contribution is -0.137. The number of aromatic nitrogens is 2. The van der Waals surface area contributed by atoms with E-state index in [-0.39, 0.29) is 40.3 Å². The second-order valence-electron chi connectivity index (χ2n) is 7.65. The summed E-state index contributed by atoms with van der Waals surface area (Å²) in [6, 6.07) is 4.05. The largest absolute Gasteiger partial charge is 0.420 e. The number of amides is 1. The van der Waals surface area contributed by atoms with Crippen LogP contribution in [0.5, 0.6) is 0 Å². The molecule has 0 radical (unpaired) electrons. The number of halogens is 5. The quantitative estimate of drug-likeness (QED) is 0.360. The van der Waals surface area contributed by atoms with E-state index in [2.05, 4.69) is 26.5 Å². The van der Waals surface area contributed by atoms with Crippen LogP contribution in [-0.2, 0) is 10.9 Å². The smallest absolute Gasteiger partial charge is 0.379 e. The molecule has 2 aromatic heterocycles. The van der Waals surface area contributed by atoms with E-state index in [0.29, 0.717) is 24.2 Å². The molecule has 180 valence electrons. The third kappa shape index (κ3) is 5.37. The maximum Gasteiger partial charge on any atom is 0.420 e. The van der Waals surface area contributed by atoms with E-state index in [1.165, 1.54) is 24.5 Å². The van der Waals surface area contributed by atoms with Crippen molar-refractivity contribution in [3.05, 3.63) is 70.4 Å². The van der Waals surface area contributed by atoms with Gasteiger partial charge < -0.3 is 15.4 Å². The minimum Gasteiger partial charge on any atom is -0.379 e. The van der Waals surface area contributed by atoms with Crippen molar-refractivity contribution in [3.8, 4) is 23.5 Å². The Hall–Kier alpha value is -3.68. The number of nitrogens with zero attached hydrogens (tertiary/aromatic N) is 2. The van der Waals surface area contributed by atoms with Crippen LogP contribution in [0.1, 0.15) is 27.9 Å². The number of anilines is 2. The van der Waals surface area contributed by atoms with Gasteiger partial charge in [-0.1, -0.05) is 17.5 Å². The van der Waals surface area contributed by atoms with Crippen molar-refractivity contribution >= 4 is 29.0 Å². The molecule has 1 amide bonds. The molecule has 1 aromatic carbocycles. The Morgan fingerprint density at radius 1 is 1.23 bits per heavy atom. The van der Waals surface area contributed by atoms with Crippen LogP contribution < -0.4 is 10.6 Å². The molecule has 1 saturated heterocycles. The van der Waals surface area contributed by atoms with Crippen LogP contribution in [0.15, 0.2) is 42.9 Å². The van der Waals surface area contributed by atoms with E-state index in [9.17, 15) is 22.4 Å². The van der Waals surface area contributed by atoms with E-state index >= 15 is 0 Å². The topological polar surface area (TPSA) is 76.1 Å². The maximum absolute atomic E-state index is 14.9. The summed E-state index contributed by atoms with van der Waals surface area (Å²) in [5.41, 5.74) is -0.849. The molecule has 3 aromatic rings. The van der Waals surface area contributed by atoms with Gasteiger partial charge >= 0.3 is 6.18 Å². The van der Waals surface area contributed by atoms with Crippen LogP contribution in [0.3, 0.4) is 0 Å². The van der Waals surface area contributed by atoms with Crippen LogP contribution in [0.25, 0.3) is 11.1 Å². The van der Waals surface area contributed by atoms with Crippen molar-refractivity contribution in [3.63, 3.8) is 0 Å². The molecule has 1 fully saturated rings. The molecular formula is C24H17ClF4N4O2. The molecule has 4 rings (SSSR count). The molecule has 0 saturated carbocycles. The van der Waals surface area contributed by atoms with Crippen LogP contribution in [0, 0.1) is 18.2 Å². The van der Waals surface area contributed by atoms with E-state index in [1.807, 2.05) is 0 Å². The zero-order chi connectivity index (χ0) is 25.2. The Kier molecular flexibility index (Phi) is 6.91. The lowest BCUT2D eigenvalue weighted by Crippen LogP contribution is -2.23. The summed E-state index contributed by atoms with van der Waals surface area (Å²) in [6.07, 6.45) is 5.11. The van der Waals surface area contributed by atoms with Gasteiger partial charge in [0.2, 0.25) is 0 Å². The fourth-order valence-corrected chi connectivity index (χ4v) is 3.83. The molecule has 3 heterocycles.